The van der Waals surface area contributed by atoms with Gasteiger partial charge in [-0.25, -0.2) is 0 Å². The summed E-state index contributed by atoms with van der Waals surface area (Å²) in [4.78, 5) is 18.2. The molecule has 7 heteroatoms. The van der Waals surface area contributed by atoms with Crippen molar-refractivity contribution in [3.8, 4) is 5.75 Å². The summed E-state index contributed by atoms with van der Waals surface area (Å²) in [6.45, 7) is 1.77. The van der Waals surface area contributed by atoms with Gasteiger partial charge >= 0.3 is 5.82 Å². The molecule has 2 aromatic heterocycles. The van der Waals surface area contributed by atoms with Crippen molar-refractivity contribution in [2.45, 2.75) is 13.0 Å². The molecule has 0 fully saturated rings. The molecular weight excluding hydrogens is 314 g/mol. The normalized spacial score (nSPS) is 11.9. The molecule has 0 radical (unpaired) electrons. The first kappa shape index (κ1) is 13.4. The van der Waals surface area contributed by atoms with Crippen LogP contribution < -0.4 is 4.74 Å². The molecule has 0 unspecified atom stereocenters. The van der Waals surface area contributed by atoms with E-state index in [9.17, 15) is 10.1 Å². The number of ether oxygens (including phenoxy) is 1. The van der Waals surface area contributed by atoms with Crippen LogP contribution in [0.15, 0.2) is 41.1 Å². The largest absolute Gasteiger partial charge is 0.476 e. The van der Waals surface area contributed by atoms with Gasteiger partial charge in [0.2, 0.25) is 5.75 Å². The number of halogens is 1. The van der Waals surface area contributed by atoms with Crippen molar-refractivity contribution in [2.24, 2.45) is 0 Å². The van der Waals surface area contributed by atoms with Crippen LogP contribution >= 0.6 is 15.9 Å². The van der Waals surface area contributed by atoms with E-state index in [4.69, 9.17) is 4.74 Å². The predicted molar refractivity (Wildman–Crippen MR) is 71.9 cm³/mol. The van der Waals surface area contributed by atoms with Crippen LogP contribution in [0.25, 0.3) is 0 Å². The number of pyridine rings is 2. The summed E-state index contributed by atoms with van der Waals surface area (Å²) in [6.07, 6.45) is 2.59. The van der Waals surface area contributed by atoms with Crippen molar-refractivity contribution in [2.75, 3.05) is 0 Å². The third-order valence-electron chi connectivity index (χ3n) is 2.38. The Morgan fingerprint density at radius 1 is 1.42 bits per heavy atom. The van der Waals surface area contributed by atoms with E-state index in [1.165, 1.54) is 12.3 Å². The Labute approximate surface area is 117 Å². The van der Waals surface area contributed by atoms with E-state index in [0.29, 0.717) is 10.2 Å². The molecule has 0 aromatic carbocycles. The predicted octanol–water partition coefficient (Wildman–Crippen LogP) is 3.29. The van der Waals surface area contributed by atoms with E-state index in [2.05, 4.69) is 25.9 Å². The van der Waals surface area contributed by atoms with Crippen LogP contribution in [0.2, 0.25) is 0 Å². The molecule has 0 N–H and O–H groups in total. The van der Waals surface area contributed by atoms with Gasteiger partial charge in [0.15, 0.2) is 6.20 Å². The number of nitro groups is 1. The van der Waals surface area contributed by atoms with E-state index in [-0.39, 0.29) is 11.6 Å². The van der Waals surface area contributed by atoms with E-state index in [1.807, 2.05) is 6.07 Å². The fourth-order valence-corrected chi connectivity index (χ4v) is 1.81. The van der Waals surface area contributed by atoms with E-state index in [0.717, 1.165) is 0 Å². The van der Waals surface area contributed by atoms with Gasteiger partial charge < -0.3 is 14.9 Å². The highest BCUT2D eigenvalue weighted by Gasteiger charge is 2.20. The second kappa shape index (κ2) is 5.75. The Hall–Kier alpha value is -2.02. The quantitative estimate of drug-likeness (QED) is 0.637. The van der Waals surface area contributed by atoms with Crippen molar-refractivity contribution in [3.05, 3.63) is 56.9 Å². The lowest BCUT2D eigenvalue weighted by Crippen LogP contribution is -2.07. The fourth-order valence-electron chi connectivity index (χ4n) is 1.50. The second-order valence-corrected chi connectivity index (χ2v) is 4.66. The molecular formula is C12H10BrN3O3. The molecule has 0 aliphatic heterocycles. The Kier molecular flexibility index (Phi) is 4.06. The van der Waals surface area contributed by atoms with Gasteiger partial charge in [-0.2, -0.15) is 0 Å². The molecule has 2 aromatic rings. The lowest BCUT2D eigenvalue weighted by molar-refractivity contribution is -0.390. The highest BCUT2D eigenvalue weighted by Crippen LogP contribution is 2.30. The zero-order valence-electron chi connectivity index (χ0n) is 9.99. The van der Waals surface area contributed by atoms with Gasteiger partial charge in [0.25, 0.3) is 0 Å². The molecule has 2 heterocycles. The third kappa shape index (κ3) is 3.25. The van der Waals surface area contributed by atoms with Crippen LogP contribution in [-0.4, -0.2) is 14.9 Å². The van der Waals surface area contributed by atoms with Crippen LogP contribution in [0.1, 0.15) is 18.7 Å². The van der Waals surface area contributed by atoms with E-state index >= 15 is 0 Å². The molecule has 0 saturated carbocycles. The molecule has 0 saturated heterocycles. The van der Waals surface area contributed by atoms with Gasteiger partial charge in [0, 0.05) is 12.3 Å². The molecule has 6 nitrogen and oxygen atoms in total. The molecule has 0 spiro atoms. The van der Waals surface area contributed by atoms with Crippen molar-refractivity contribution < 1.29 is 9.66 Å². The molecule has 1 atom stereocenters. The van der Waals surface area contributed by atoms with Crippen molar-refractivity contribution in [3.63, 3.8) is 0 Å². The van der Waals surface area contributed by atoms with E-state index in [1.54, 1.807) is 25.3 Å². The maximum Gasteiger partial charge on any atom is 0.406 e. The van der Waals surface area contributed by atoms with Crippen molar-refractivity contribution in [1.82, 2.24) is 9.97 Å². The minimum Gasteiger partial charge on any atom is -0.476 e. The summed E-state index contributed by atoms with van der Waals surface area (Å²) in [5.74, 6) is -0.205. The summed E-state index contributed by atoms with van der Waals surface area (Å²) in [7, 11) is 0. The number of aromatic nitrogens is 2. The molecule has 19 heavy (non-hydrogen) atoms. The smallest absolute Gasteiger partial charge is 0.406 e. The van der Waals surface area contributed by atoms with Crippen LogP contribution in [0, 0.1) is 10.1 Å². The van der Waals surface area contributed by atoms with Gasteiger partial charge in [-0.15, -0.1) is 0 Å². The summed E-state index contributed by atoms with van der Waals surface area (Å²) >= 11 is 3.21. The second-order valence-electron chi connectivity index (χ2n) is 3.75. The molecule has 0 aliphatic carbocycles. The zero-order valence-corrected chi connectivity index (χ0v) is 11.6. The standard InChI is InChI=1S/C12H10BrN3O3/c1-8(10-4-2-3-5-14-10)19-11-6-9(13)7-15-12(11)16(17)18/h2-8H,1H3/t8-/m1/s1. The average molecular weight is 324 g/mol. The third-order valence-corrected chi connectivity index (χ3v) is 2.81. The van der Waals surface area contributed by atoms with Crippen molar-refractivity contribution in [1.29, 1.82) is 0 Å². The molecule has 98 valence electrons. The zero-order chi connectivity index (χ0) is 13.8. The number of hydrogen-bond acceptors (Lipinski definition) is 5. The Morgan fingerprint density at radius 3 is 2.84 bits per heavy atom. The highest BCUT2D eigenvalue weighted by atomic mass is 79.9. The van der Waals surface area contributed by atoms with Gasteiger partial charge in [0.05, 0.1) is 10.2 Å². The lowest BCUT2D eigenvalue weighted by Gasteiger charge is -2.13. The molecule has 0 aliphatic rings. The summed E-state index contributed by atoms with van der Waals surface area (Å²) in [6, 6.07) is 6.93. The topological polar surface area (TPSA) is 78.2 Å². The maximum atomic E-state index is 10.9. The van der Waals surface area contributed by atoms with Crippen LogP contribution in [0.3, 0.4) is 0 Å². The van der Waals surface area contributed by atoms with Crippen LogP contribution in [0.4, 0.5) is 5.82 Å². The first-order valence-corrected chi connectivity index (χ1v) is 6.24. The van der Waals surface area contributed by atoms with Crippen molar-refractivity contribution >= 4 is 21.7 Å². The summed E-state index contributed by atoms with van der Waals surface area (Å²) in [5, 5.41) is 10.9. The Morgan fingerprint density at radius 2 is 2.21 bits per heavy atom. The van der Waals surface area contributed by atoms with Crippen LogP contribution in [0.5, 0.6) is 5.75 Å². The fraction of sp³-hybridized carbons (Fsp3) is 0.167. The summed E-state index contributed by atoms with van der Waals surface area (Å²) < 4.78 is 6.19. The minimum absolute atomic E-state index is 0.109. The summed E-state index contributed by atoms with van der Waals surface area (Å²) in [5.41, 5.74) is 0.691. The molecule has 2 rings (SSSR count). The number of rotatable bonds is 4. The van der Waals surface area contributed by atoms with Gasteiger partial charge in [-0.05, 0) is 44.9 Å². The first-order chi connectivity index (χ1) is 9.08. The Balaban J connectivity index is 2.28. The van der Waals surface area contributed by atoms with E-state index < -0.39 is 11.0 Å². The minimum atomic E-state index is -0.576. The molecule has 0 amide bonds. The number of hydrogen-bond donors (Lipinski definition) is 0. The average Bonchev–Trinajstić information content (AvgIpc) is 2.39. The maximum absolute atomic E-state index is 10.9. The van der Waals surface area contributed by atoms with Gasteiger partial charge in [-0.3, -0.25) is 4.98 Å². The molecule has 0 bridgehead atoms. The van der Waals surface area contributed by atoms with Crippen LogP contribution in [-0.2, 0) is 0 Å². The Bertz CT molecular complexity index is 592. The first-order valence-electron chi connectivity index (χ1n) is 5.45. The highest BCUT2D eigenvalue weighted by molar-refractivity contribution is 9.10. The van der Waals surface area contributed by atoms with Gasteiger partial charge in [0.1, 0.15) is 6.10 Å². The van der Waals surface area contributed by atoms with Gasteiger partial charge in [-0.1, -0.05) is 6.07 Å². The monoisotopic (exact) mass is 323 g/mol. The SMILES string of the molecule is C[C@@H](Oc1cc(Br)cnc1[N+](=O)[O-])c1ccccn1. The number of nitrogens with zero attached hydrogens (tertiary/aromatic N) is 3. The lowest BCUT2D eigenvalue weighted by atomic mass is 10.2.